The van der Waals surface area contributed by atoms with E-state index in [2.05, 4.69) is 132 Å². The maximum atomic E-state index is 3.95. The molecule has 4 aromatic carbocycles. The molecule has 0 saturated carbocycles. The third kappa shape index (κ3) is 2.87. The minimum atomic E-state index is -0.342. The molecular formula is C29H24N2. The van der Waals surface area contributed by atoms with Crippen LogP contribution in [0.3, 0.4) is 0 Å². The number of hydrogen-bond donors (Lipinski definition) is 1. The van der Waals surface area contributed by atoms with Crippen molar-refractivity contribution >= 4 is 17.1 Å². The molecule has 0 fully saturated rings. The molecule has 2 heteroatoms. The zero-order valence-electron chi connectivity index (χ0n) is 17.3. The average molecular weight is 401 g/mol. The lowest BCUT2D eigenvalue weighted by atomic mass is 9.79. The van der Waals surface area contributed by atoms with Gasteiger partial charge in [0.1, 0.15) is 5.66 Å². The highest BCUT2D eigenvalue weighted by Gasteiger charge is 2.50. The van der Waals surface area contributed by atoms with Crippen molar-refractivity contribution in [1.82, 2.24) is 0 Å². The van der Waals surface area contributed by atoms with E-state index in [4.69, 9.17) is 0 Å². The number of fused-ring (bicyclic) bond motifs is 3. The van der Waals surface area contributed by atoms with E-state index >= 15 is 0 Å². The van der Waals surface area contributed by atoms with Gasteiger partial charge in [-0.3, -0.25) is 0 Å². The standard InChI is InChI=1S/C29H24N2/c1-4-12-22(13-5-1)24-20-28(23-14-6-2-7-15-23)31-27-19-11-10-18-26(27)30-29(31,21-24)25-16-8-3-9-17-25/h1-20,24,30H,21H2. The molecule has 2 aliphatic heterocycles. The maximum Gasteiger partial charge on any atom is 0.142 e. The topological polar surface area (TPSA) is 15.3 Å². The second-order valence-electron chi connectivity index (χ2n) is 8.34. The van der Waals surface area contributed by atoms with Gasteiger partial charge in [-0.25, -0.2) is 0 Å². The number of hydrogen-bond acceptors (Lipinski definition) is 2. The third-order valence-electron chi connectivity index (χ3n) is 6.53. The van der Waals surface area contributed by atoms with Crippen LogP contribution in [0.25, 0.3) is 5.70 Å². The molecule has 2 nitrogen and oxygen atoms in total. The van der Waals surface area contributed by atoms with Crippen LogP contribution >= 0.6 is 0 Å². The monoisotopic (exact) mass is 400 g/mol. The summed E-state index contributed by atoms with van der Waals surface area (Å²) in [6.45, 7) is 0. The Balaban J connectivity index is 1.62. The molecule has 0 aromatic heterocycles. The summed E-state index contributed by atoms with van der Waals surface area (Å²) >= 11 is 0. The van der Waals surface area contributed by atoms with E-state index in [1.807, 2.05) is 0 Å². The van der Waals surface area contributed by atoms with Crippen LogP contribution in [0.2, 0.25) is 0 Å². The van der Waals surface area contributed by atoms with Gasteiger partial charge in [0.2, 0.25) is 0 Å². The van der Waals surface area contributed by atoms with Gasteiger partial charge >= 0.3 is 0 Å². The molecule has 0 spiro atoms. The molecule has 2 heterocycles. The molecule has 1 N–H and O–H groups in total. The number of allylic oxidation sites excluding steroid dienone is 1. The minimum Gasteiger partial charge on any atom is -0.357 e. The number of benzene rings is 4. The van der Waals surface area contributed by atoms with Gasteiger partial charge in [-0.1, -0.05) is 109 Å². The number of nitrogens with zero attached hydrogens (tertiary/aromatic N) is 1. The number of rotatable bonds is 3. The molecule has 0 bridgehead atoms. The van der Waals surface area contributed by atoms with Crippen LogP contribution in [0.4, 0.5) is 11.4 Å². The van der Waals surface area contributed by atoms with Crippen molar-refractivity contribution in [3.63, 3.8) is 0 Å². The van der Waals surface area contributed by atoms with Crippen molar-refractivity contribution in [2.24, 2.45) is 0 Å². The molecule has 0 amide bonds. The Morgan fingerprint density at radius 2 is 1.29 bits per heavy atom. The van der Waals surface area contributed by atoms with E-state index in [-0.39, 0.29) is 5.66 Å². The van der Waals surface area contributed by atoms with Crippen LogP contribution < -0.4 is 10.2 Å². The van der Waals surface area contributed by atoms with E-state index in [1.54, 1.807) is 0 Å². The van der Waals surface area contributed by atoms with Gasteiger partial charge in [-0.15, -0.1) is 0 Å². The number of para-hydroxylation sites is 2. The van der Waals surface area contributed by atoms with Crippen molar-refractivity contribution in [3.05, 3.63) is 138 Å². The Bertz CT molecular complexity index is 1230. The lowest BCUT2D eigenvalue weighted by Gasteiger charge is -2.47. The van der Waals surface area contributed by atoms with E-state index < -0.39 is 0 Å². The Hall–Kier alpha value is -3.78. The highest BCUT2D eigenvalue weighted by atomic mass is 15.4. The molecule has 6 rings (SSSR count). The minimum absolute atomic E-state index is 0.301. The fraction of sp³-hybridized carbons (Fsp3) is 0.103. The molecule has 2 atom stereocenters. The van der Waals surface area contributed by atoms with Crippen molar-refractivity contribution in [2.75, 3.05) is 10.2 Å². The van der Waals surface area contributed by atoms with Crippen LogP contribution in [0.1, 0.15) is 29.0 Å². The third-order valence-corrected chi connectivity index (χ3v) is 6.53. The van der Waals surface area contributed by atoms with Crippen LogP contribution in [0, 0.1) is 0 Å². The first-order valence-corrected chi connectivity index (χ1v) is 10.9. The van der Waals surface area contributed by atoms with Gasteiger partial charge in [0.15, 0.2) is 0 Å². The first kappa shape index (κ1) is 18.0. The van der Waals surface area contributed by atoms with Gasteiger partial charge in [0.25, 0.3) is 0 Å². The predicted octanol–water partition coefficient (Wildman–Crippen LogP) is 7.00. The highest BCUT2D eigenvalue weighted by molar-refractivity contribution is 5.93. The molecule has 0 saturated heterocycles. The maximum absolute atomic E-state index is 3.95. The highest BCUT2D eigenvalue weighted by Crippen LogP contribution is 2.56. The first-order valence-electron chi connectivity index (χ1n) is 10.9. The molecule has 0 aliphatic carbocycles. The molecule has 150 valence electrons. The van der Waals surface area contributed by atoms with Crippen molar-refractivity contribution in [1.29, 1.82) is 0 Å². The van der Waals surface area contributed by atoms with E-state index in [1.165, 1.54) is 33.8 Å². The summed E-state index contributed by atoms with van der Waals surface area (Å²) in [5.74, 6) is 0.301. The van der Waals surface area contributed by atoms with Gasteiger partial charge in [-0.05, 0) is 28.8 Å². The summed E-state index contributed by atoms with van der Waals surface area (Å²) in [6, 6.07) is 41.2. The molecule has 0 radical (unpaired) electrons. The lowest BCUT2D eigenvalue weighted by molar-refractivity contribution is 0.438. The molecule has 2 aliphatic rings. The smallest absolute Gasteiger partial charge is 0.142 e. The summed E-state index contributed by atoms with van der Waals surface area (Å²) in [7, 11) is 0. The fourth-order valence-corrected chi connectivity index (χ4v) is 5.16. The van der Waals surface area contributed by atoms with Crippen molar-refractivity contribution < 1.29 is 0 Å². The van der Waals surface area contributed by atoms with E-state index in [0.717, 1.165) is 6.42 Å². The van der Waals surface area contributed by atoms with Gasteiger partial charge in [0.05, 0.1) is 11.4 Å². The van der Waals surface area contributed by atoms with E-state index in [9.17, 15) is 0 Å². The number of nitrogens with one attached hydrogen (secondary N) is 1. The number of anilines is 2. The van der Waals surface area contributed by atoms with Crippen molar-refractivity contribution in [2.45, 2.75) is 18.0 Å². The Labute approximate surface area is 183 Å². The Morgan fingerprint density at radius 3 is 2.03 bits per heavy atom. The molecule has 2 unspecified atom stereocenters. The Morgan fingerprint density at radius 1 is 0.677 bits per heavy atom. The summed E-state index contributed by atoms with van der Waals surface area (Å²) in [6.07, 6.45) is 3.40. The Kier molecular flexibility index (Phi) is 4.17. The van der Waals surface area contributed by atoms with Crippen LogP contribution in [0.5, 0.6) is 0 Å². The van der Waals surface area contributed by atoms with Gasteiger partial charge in [0, 0.05) is 18.0 Å². The predicted molar refractivity (Wildman–Crippen MR) is 129 cm³/mol. The summed E-state index contributed by atoms with van der Waals surface area (Å²) in [5.41, 5.74) is 7.20. The first-order chi connectivity index (χ1) is 15.4. The fourth-order valence-electron chi connectivity index (χ4n) is 5.16. The quantitative estimate of drug-likeness (QED) is 0.398. The average Bonchev–Trinajstić information content (AvgIpc) is 3.21. The lowest BCUT2D eigenvalue weighted by Crippen LogP contribution is -2.50. The summed E-state index contributed by atoms with van der Waals surface area (Å²) < 4.78 is 0. The molecule has 4 aromatic rings. The van der Waals surface area contributed by atoms with Gasteiger partial charge < -0.3 is 10.2 Å². The van der Waals surface area contributed by atoms with Crippen LogP contribution in [-0.4, -0.2) is 0 Å². The van der Waals surface area contributed by atoms with Crippen LogP contribution in [-0.2, 0) is 5.66 Å². The van der Waals surface area contributed by atoms with Crippen molar-refractivity contribution in [3.8, 4) is 0 Å². The zero-order valence-corrected chi connectivity index (χ0v) is 17.3. The summed E-state index contributed by atoms with van der Waals surface area (Å²) in [5, 5.41) is 3.95. The van der Waals surface area contributed by atoms with Gasteiger partial charge in [-0.2, -0.15) is 0 Å². The second kappa shape index (κ2) is 7.17. The molecular weight excluding hydrogens is 376 g/mol. The zero-order chi connectivity index (χ0) is 20.7. The van der Waals surface area contributed by atoms with Crippen LogP contribution in [0.15, 0.2) is 121 Å². The second-order valence-corrected chi connectivity index (χ2v) is 8.34. The SMILES string of the molecule is C1=C(c2ccccc2)N2c3ccccc3NC2(c2ccccc2)CC1c1ccccc1. The molecule has 31 heavy (non-hydrogen) atoms. The normalized spacial score (nSPS) is 21.6. The largest absolute Gasteiger partial charge is 0.357 e. The van der Waals surface area contributed by atoms with E-state index in [0.29, 0.717) is 5.92 Å². The summed E-state index contributed by atoms with van der Waals surface area (Å²) in [4.78, 5) is 2.52.